The molecule has 0 radical (unpaired) electrons. The van der Waals surface area contributed by atoms with Gasteiger partial charge in [-0.25, -0.2) is 0 Å². The van der Waals surface area contributed by atoms with Crippen molar-refractivity contribution in [2.45, 2.75) is 25.4 Å². The minimum Gasteiger partial charge on any atom is -0.384 e. The van der Waals surface area contributed by atoms with Gasteiger partial charge in [-0.3, -0.25) is 4.98 Å². The molecule has 1 aromatic heterocycles. The van der Waals surface area contributed by atoms with Crippen molar-refractivity contribution in [2.75, 3.05) is 31.6 Å². The van der Waals surface area contributed by atoms with Crippen LogP contribution in [0.3, 0.4) is 0 Å². The fourth-order valence-corrected chi connectivity index (χ4v) is 2.21. The summed E-state index contributed by atoms with van der Waals surface area (Å²) in [6.45, 7) is 3.83. The van der Waals surface area contributed by atoms with Gasteiger partial charge in [-0.1, -0.05) is 11.6 Å². The Morgan fingerprint density at radius 1 is 1.44 bits per heavy atom. The highest BCUT2D eigenvalue weighted by atomic mass is 35.5. The largest absolute Gasteiger partial charge is 0.384 e. The molecule has 1 aromatic rings. The highest BCUT2D eigenvalue weighted by Gasteiger charge is 2.12. The van der Waals surface area contributed by atoms with E-state index in [0.29, 0.717) is 11.1 Å². The van der Waals surface area contributed by atoms with Crippen LogP contribution >= 0.6 is 11.6 Å². The van der Waals surface area contributed by atoms with Gasteiger partial charge in [0.25, 0.3) is 0 Å². The van der Waals surface area contributed by atoms with E-state index in [9.17, 15) is 0 Å². The number of anilines is 1. The lowest BCUT2D eigenvalue weighted by Crippen LogP contribution is -2.32. The first-order valence-electron chi connectivity index (χ1n) is 6.52. The van der Waals surface area contributed by atoms with Gasteiger partial charge in [0.2, 0.25) is 0 Å². The van der Waals surface area contributed by atoms with E-state index >= 15 is 0 Å². The second kappa shape index (κ2) is 7.56. The molecule has 1 aliphatic heterocycles. The molecule has 0 amide bonds. The molecule has 0 bridgehead atoms. The molecule has 4 nitrogen and oxygen atoms in total. The Hall–Kier alpha value is -0.840. The van der Waals surface area contributed by atoms with Gasteiger partial charge in [0, 0.05) is 25.5 Å². The van der Waals surface area contributed by atoms with Crippen LogP contribution in [0.5, 0.6) is 0 Å². The fraction of sp³-hybridized carbons (Fsp3) is 0.615. The van der Waals surface area contributed by atoms with Gasteiger partial charge in [0.05, 0.1) is 16.8 Å². The summed E-state index contributed by atoms with van der Waals surface area (Å²) in [6.07, 6.45) is 7.07. The summed E-state index contributed by atoms with van der Waals surface area (Å²) in [7, 11) is 0. The predicted molar refractivity (Wildman–Crippen MR) is 74.2 cm³/mol. The molecule has 0 saturated carbocycles. The van der Waals surface area contributed by atoms with Crippen molar-refractivity contribution in [1.29, 1.82) is 0 Å². The molecule has 2 heterocycles. The van der Waals surface area contributed by atoms with Crippen LogP contribution in [0.25, 0.3) is 0 Å². The summed E-state index contributed by atoms with van der Waals surface area (Å²) in [5, 5.41) is 7.28. The van der Waals surface area contributed by atoms with Crippen molar-refractivity contribution in [3.8, 4) is 0 Å². The van der Waals surface area contributed by atoms with Crippen LogP contribution in [0, 0.1) is 0 Å². The monoisotopic (exact) mass is 269 g/mol. The molecule has 0 spiro atoms. The Morgan fingerprint density at radius 3 is 3.06 bits per heavy atom. The Morgan fingerprint density at radius 2 is 2.28 bits per heavy atom. The van der Waals surface area contributed by atoms with E-state index in [1.54, 1.807) is 12.4 Å². The molecule has 5 heteroatoms. The zero-order valence-electron chi connectivity index (χ0n) is 10.5. The second-order valence-electron chi connectivity index (χ2n) is 4.46. The number of rotatable bonds is 6. The normalized spacial score (nSPS) is 16.7. The molecule has 0 aliphatic carbocycles. The first kappa shape index (κ1) is 13.6. The van der Waals surface area contributed by atoms with Crippen molar-refractivity contribution < 1.29 is 4.74 Å². The second-order valence-corrected chi connectivity index (χ2v) is 4.86. The van der Waals surface area contributed by atoms with Crippen LogP contribution in [0.4, 0.5) is 5.69 Å². The smallest absolute Gasteiger partial charge is 0.0820 e. The summed E-state index contributed by atoms with van der Waals surface area (Å²) in [5.41, 5.74) is 0.938. The zero-order valence-corrected chi connectivity index (χ0v) is 11.2. The number of nitrogens with zero attached hydrogens (tertiary/aromatic N) is 1. The third-order valence-corrected chi connectivity index (χ3v) is 3.35. The van der Waals surface area contributed by atoms with E-state index in [4.69, 9.17) is 16.3 Å². The van der Waals surface area contributed by atoms with Gasteiger partial charge in [-0.05, 0) is 38.4 Å². The lowest BCUT2D eigenvalue weighted by atomic mass is 10.1. The number of ether oxygens (including phenoxy) is 1. The van der Waals surface area contributed by atoms with Gasteiger partial charge < -0.3 is 15.4 Å². The average Bonchev–Trinajstić information content (AvgIpc) is 2.42. The van der Waals surface area contributed by atoms with Crippen LogP contribution in [0.1, 0.15) is 19.3 Å². The maximum absolute atomic E-state index is 6.00. The quantitative estimate of drug-likeness (QED) is 0.778. The number of hydrogen-bond donors (Lipinski definition) is 2. The first-order valence-corrected chi connectivity index (χ1v) is 6.90. The van der Waals surface area contributed by atoms with Gasteiger partial charge in [0.15, 0.2) is 0 Å². The first-order chi connectivity index (χ1) is 8.86. The molecular weight excluding hydrogens is 250 g/mol. The van der Waals surface area contributed by atoms with E-state index in [1.807, 2.05) is 6.07 Å². The van der Waals surface area contributed by atoms with E-state index in [2.05, 4.69) is 15.6 Å². The zero-order chi connectivity index (χ0) is 12.6. The molecule has 0 aromatic carbocycles. The lowest BCUT2D eigenvalue weighted by Gasteiger charge is -2.22. The van der Waals surface area contributed by atoms with Crippen molar-refractivity contribution in [1.82, 2.24) is 10.3 Å². The van der Waals surface area contributed by atoms with Gasteiger partial charge in [0.1, 0.15) is 0 Å². The van der Waals surface area contributed by atoms with Gasteiger partial charge >= 0.3 is 0 Å². The minimum atomic E-state index is 0.441. The van der Waals surface area contributed by atoms with Crippen molar-refractivity contribution in [3.63, 3.8) is 0 Å². The Balaban J connectivity index is 1.57. The van der Waals surface area contributed by atoms with Crippen LogP contribution in [0.15, 0.2) is 18.5 Å². The number of pyridine rings is 1. The summed E-state index contributed by atoms with van der Waals surface area (Å²) in [4.78, 5) is 3.95. The fourth-order valence-electron chi connectivity index (χ4n) is 2.03. The summed E-state index contributed by atoms with van der Waals surface area (Å²) in [5.74, 6) is 0. The molecule has 1 aliphatic rings. The Kier molecular flexibility index (Phi) is 5.71. The average molecular weight is 270 g/mol. The lowest BCUT2D eigenvalue weighted by molar-refractivity contribution is 0.0329. The highest BCUT2D eigenvalue weighted by Crippen LogP contribution is 2.18. The van der Waals surface area contributed by atoms with E-state index < -0.39 is 0 Å². The third kappa shape index (κ3) is 4.44. The van der Waals surface area contributed by atoms with Crippen molar-refractivity contribution in [2.24, 2.45) is 0 Å². The standard InChI is InChI=1S/C13H20ClN3O/c14-12-10-16-8-4-13(12)17-5-1-9-18-11-2-6-15-7-3-11/h4,8,10-11,15H,1-3,5-7,9H2,(H,16,17). The van der Waals surface area contributed by atoms with Crippen LogP contribution in [-0.4, -0.2) is 37.3 Å². The molecule has 100 valence electrons. The molecule has 1 saturated heterocycles. The predicted octanol–water partition coefficient (Wildman–Crippen LogP) is 2.31. The summed E-state index contributed by atoms with van der Waals surface area (Å²) < 4.78 is 5.83. The molecule has 0 atom stereocenters. The maximum atomic E-state index is 6.00. The van der Waals surface area contributed by atoms with Crippen molar-refractivity contribution in [3.05, 3.63) is 23.5 Å². The van der Waals surface area contributed by atoms with Crippen molar-refractivity contribution >= 4 is 17.3 Å². The SMILES string of the molecule is Clc1cnccc1NCCCOC1CCNCC1. The molecule has 0 unspecified atom stereocenters. The number of halogens is 1. The summed E-state index contributed by atoms with van der Waals surface area (Å²) >= 11 is 6.00. The number of piperidine rings is 1. The topological polar surface area (TPSA) is 46.2 Å². The molecule has 18 heavy (non-hydrogen) atoms. The van der Waals surface area contributed by atoms with E-state index in [0.717, 1.165) is 51.2 Å². The Bertz CT molecular complexity index is 356. The Labute approximate surface area is 113 Å². The minimum absolute atomic E-state index is 0.441. The molecule has 1 fully saturated rings. The van der Waals surface area contributed by atoms with Gasteiger partial charge in [-0.2, -0.15) is 0 Å². The van der Waals surface area contributed by atoms with E-state index in [1.165, 1.54) is 0 Å². The van der Waals surface area contributed by atoms with Crippen LogP contribution < -0.4 is 10.6 Å². The highest BCUT2D eigenvalue weighted by molar-refractivity contribution is 6.33. The maximum Gasteiger partial charge on any atom is 0.0820 e. The summed E-state index contributed by atoms with van der Waals surface area (Å²) in [6, 6.07) is 1.88. The van der Waals surface area contributed by atoms with Crippen LogP contribution in [0.2, 0.25) is 5.02 Å². The van der Waals surface area contributed by atoms with Gasteiger partial charge in [-0.15, -0.1) is 0 Å². The molecular formula is C13H20ClN3O. The molecule has 2 N–H and O–H groups in total. The molecule has 2 rings (SSSR count). The number of aromatic nitrogens is 1. The van der Waals surface area contributed by atoms with E-state index in [-0.39, 0.29) is 0 Å². The number of hydrogen-bond acceptors (Lipinski definition) is 4. The van der Waals surface area contributed by atoms with Crippen LogP contribution in [-0.2, 0) is 4.74 Å². The number of nitrogens with one attached hydrogen (secondary N) is 2. The third-order valence-electron chi connectivity index (χ3n) is 3.05.